The number of ketones is 1. The van der Waals surface area contributed by atoms with Crippen LogP contribution >= 0.6 is 15.9 Å². The number of hydrogen-bond acceptors (Lipinski definition) is 5. The molecule has 0 aliphatic rings. The second-order valence-corrected chi connectivity index (χ2v) is 8.42. The molecule has 34 heavy (non-hydrogen) atoms. The number of carbonyl (C=O) groups is 3. The largest absolute Gasteiger partial charge is 0.456 e. The number of carbonyl (C=O) groups excluding carboxylic acids is 3. The Morgan fingerprint density at radius 2 is 1.62 bits per heavy atom. The summed E-state index contributed by atoms with van der Waals surface area (Å²) in [5.41, 5.74) is 2.14. The van der Waals surface area contributed by atoms with Crippen LogP contribution < -0.4 is 10.1 Å². The Morgan fingerprint density at radius 3 is 2.38 bits per heavy atom. The van der Waals surface area contributed by atoms with Gasteiger partial charge in [-0.2, -0.15) is 0 Å². The molecule has 7 nitrogen and oxygen atoms in total. The predicted molar refractivity (Wildman–Crippen MR) is 131 cm³/mol. The lowest BCUT2D eigenvalue weighted by atomic mass is 10.1. The van der Waals surface area contributed by atoms with Gasteiger partial charge in [-0.05, 0) is 35.9 Å². The topological polar surface area (TPSA) is 97.5 Å². The summed E-state index contributed by atoms with van der Waals surface area (Å²) in [6, 6.07) is 21.8. The molecule has 4 rings (SSSR count). The molecule has 0 radical (unpaired) electrons. The zero-order chi connectivity index (χ0) is 23.9. The van der Waals surface area contributed by atoms with Crippen LogP contribution in [0.4, 0.5) is 4.79 Å². The fourth-order valence-corrected chi connectivity index (χ4v) is 3.70. The number of rotatable bonds is 8. The molecule has 4 aromatic rings. The molecule has 0 saturated heterocycles. The average molecular weight is 521 g/mol. The van der Waals surface area contributed by atoms with E-state index in [-0.39, 0.29) is 12.2 Å². The number of esters is 1. The molecular weight excluding hydrogens is 500 g/mol. The first kappa shape index (κ1) is 23.3. The van der Waals surface area contributed by atoms with Gasteiger partial charge in [-0.1, -0.05) is 64.5 Å². The van der Waals surface area contributed by atoms with E-state index >= 15 is 0 Å². The zero-order valence-electron chi connectivity index (χ0n) is 18.0. The van der Waals surface area contributed by atoms with Crippen LogP contribution in [0.2, 0.25) is 0 Å². The number of para-hydroxylation sites is 2. The minimum absolute atomic E-state index is 0.152. The maximum absolute atomic E-state index is 12.9. The quantitative estimate of drug-likeness (QED) is 0.250. The molecule has 0 aliphatic heterocycles. The fourth-order valence-electron chi connectivity index (χ4n) is 3.44. The van der Waals surface area contributed by atoms with Crippen molar-refractivity contribution in [3.8, 4) is 5.75 Å². The summed E-state index contributed by atoms with van der Waals surface area (Å²) in [6.45, 7) is -0.444. The van der Waals surface area contributed by atoms with Crippen molar-refractivity contribution in [2.75, 3.05) is 6.61 Å². The number of hydrogen-bond donors (Lipinski definition) is 2. The minimum atomic E-state index is -1.06. The first-order chi connectivity index (χ1) is 16.5. The summed E-state index contributed by atoms with van der Waals surface area (Å²) < 4.78 is 11.4. The van der Waals surface area contributed by atoms with E-state index in [0.29, 0.717) is 11.3 Å². The van der Waals surface area contributed by atoms with Crippen molar-refractivity contribution in [2.24, 2.45) is 0 Å². The summed E-state index contributed by atoms with van der Waals surface area (Å²) in [7, 11) is 0. The molecule has 0 spiro atoms. The Kier molecular flexibility index (Phi) is 7.39. The molecule has 0 unspecified atom stereocenters. The maximum Gasteiger partial charge on any atom is 0.413 e. The molecule has 2 N–H and O–H groups in total. The Morgan fingerprint density at radius 1 is 0.912 bits per heavy atom. The molecule has 1 aromatic heterocycles. The molecule has 172 valence electrons. The average Bonchev–Trinajstić information content (AvgIpc) is 3.26. The van der Waals surface area contributed by atoms with E-state index in [1.807, 2.05) is 24.3 Å². The van der Waals surface area contributed by atoms with Gasteiger partial charge in [0.2, 0.25) is 0 Å². The van der Waals surface area contributed by atoms with Gasteiger partial charge in [-0.25, -0.2) is 9.59 Å². The third-order valence-electron chi connectivity index (χ3n) is 5.14. The van der Waals surface area contributed by atoms with Gasteiger partial charge in [0, 0.05) is 33.6 Å². The van der Waals surface area contributed by atoms with Crippen LogP contribution in [0, 0.1) is 0 Å². The predicted octanol–water partition coefficient (Wildman–Crippen LogP) is 5.06. The van der Waals surface area contributed by atoms with Gasteiger partial charge in [0.15, 0.2) is 12.4 Å². The number of halogens is 1. The molecule has 0 saturated carbocycles. The lowest BCUT2D eigenvalue weighted by molar-refractivity contribution is -0.144. The van der Waals surface area contributed by atoms with Crippen LogP contribution in [0.3, 0.4) is 0 Å². The second-order valence-electron chi connectivity index (χ2n) is 7.50. The zero-order valence-corrected chi connectivity index (χ0v) is 19.6. The van der Waals surface area contributed by atoms with Gasteiger partial charge in [0.25, 0.3) is 0 Å². The normalized spacial score (nSPS) is 11.6. The first-order valence-corrected chi connectivity index (χ1v) is 11.3. The van der Waals surface area contributed by atoms with Gasteiger partial charge in [-0.3, -0.25) is 4.79 Å². The molecule has 1 heterocycles. The molecular formula is C26H21BrN2O5. The summed E-state index contributed by atoms with van der Waals surface area (Å²) >= 11 is 3.32. The van der Waals surface area contributed by atoms with E-state index in [2.05, 4.69) is 26.2 Å². The van der Waals surface area contributed by atoms with Gasteiger partial charge in [-0.15, -0.1) is 0 Å². The Balaban J connectivity index is 1.47. The summed E-state index contributed by atoms with van der Waals surface area (Å²) in [5.74, 6) is -0.746. The minimum Gasteiger partial charge on any atom is -0.456 e. The highest BCUT2D eigenvalue weighted by molar-refractivity contribution is 9.10. The first-order valence-electron chi connectivity index (χ1n) is 10.5. The van der Waals surface area contributed by atoms with Crippen molar-refractivity contribution in [1.82, 2.24) is 10.3 Å². The number of nitrogens with one attached hydrogen (secondary N) is 2. The number of aromatic nitrogens is 1. The summed E-state index contributed by atoms with van der Waals surface area (Å²) in [5, 5.41) is 3.49. The van der Waals surface area contributed by atoms with Gasteiger partial charge in [0.1, 0.15) is 11.8 Å². The van der Waals surface area contributed by atoms with E-state index < -0.39 is 24.7 Å². The standard InChI is InChI=1S/C26H21BrN2O5/c27-19-12-10-17(11-13-19)24(30)16-33-25(31)23(29-26(32)34-20-6-2-1-3-7-20)14-18-15-28-22-9-5-4-8-21(18)22/h1-13,15,23,28H,14,16H2,(H,29,32)/t23-/m1/s1. The van der Waals surface area contributed by atoms with Crippen molar-refractivity contribution in [1.29, 1.82) is 0 Å². The lowest BCUT2D eigenvalue weighted by Gasteiger charge is -2.17. The van der Waals surface area contributed by atoms with Crippen LogP contribution in [0.15, 0.2) is 89.5 Å². The van der Waals surface area contributed by atoms with E-state index in [4.69, 9.17) is 9.47 Å². The number of amides is 1. The van der Waals surface area contributed by atoms with Crippen molar-refractivity contribution >= 4 is 44.7 Å². The number of H-pyrrole nitrogens is 1. The summed E-state index contributed by atoms with van der Waals surface area (Å²) in [6.07, 6.45) is 1.13. The van der Waals surface area contributed by atoms with Crippen molar-refractivity contribution < 1.29 is 23.9 Å². The van der Waals surface area contributed by atoms with E-state index in [9.17, 15) is 14.4 Å². The van der Waals surface area contributed by atoms with Gasteiger partial charge in [0.05, 0.1) is 0 Å². The van der Waals surface area contributed by atoms with Crippen LogP contribution in [0.1, 0.15) is 15.9 Å². The van der Waals surface area contributed by atoms with Gasteiger partial charge < -0.3 is 19.8 Å². The third-order valence-corrected chi connectivity index (χ3v) is 5.67. The van der Waals surface area contributed by atoms with Crippen molar-refractivity contribution in [3.63, 3.8) is 0 Å². The van der Waals surface area contributed by atoms with Crippen LogP contribution in [-0.2, 0) is 16.0 Å². The number of fused-ring (bicyclic) bond motifs is 1. The van der Waals surface area contributed by atoms with E-state index in [1.165, 1.54) is 0 Å². The maximum atomic E-state index is 12.9. The van der Waals surface area contributed by atoms with Crippen molar-refractivity contribution in [2.45, 2.75) is 12.5 Å². The van der Waals surface area contributed by atoms with Gasteiger partial charge >= 0.3 is 12.1 Å². The van der Waals surface area contributed by atoms with E-state index in [1.54, 1.807) is 60.8 Å². The molecule has 1 amide bonds. The number of ether oxygens (including phenoxy) is 2. The van der Waals surface area contributed by atoms with Crippen LogP contribution in [0.5, 0.6) is 5.75 Å². The molecule has 8 heteroatoms. The monoisotopic (exact) mass is 520 g/mol. The smallest absolute Gasteiger partial charge is 0.413 e. The molecule has 0 fully saturated rings. The summed E-state index contributed by atoms with van der Waals surface area (Å²) in [4.78, 5) is 41.0. The second kappa shape index (κ2) is 10.8. The molecule has 0 bridgehead atoms. The number of Topliss-reactive ketones (excluding diaryl/α,β-unsaturated/α-hetero) is 1. The SMILES string of the molecule is O=C(N[C@H](Cc1c[nH]c2ccccc12)C(=O)OCC(=O)c1ccc(Br)cc1)Oc1ccccc1. The molecule has 0 aliphatic carbocycles. The van der Waals surface area contributed by atoms with Crippen LogP contribution in [-0.4, -0.2) is 35.5 Å². The molecule has 3 aromatic carbocycles. The fraction of sp³-hybridized carbons (Fsp3) is 0.115. The lowest BCUT2D eigenvalue weighted by Crippen LogP contribution is -2.45. The number of aromatic amines is 1. The Hall–Kier alpha value is -3.91. The highest BCUT2D eigenvalue weighted by atomic mass is 79.9. The highest BCUT2D eigenvalue weighted by Gasteiger charge is 2.26. The number of benzene rings is 3. The van der Waals surface area contributed by atoms with Crippen molar-refractivity contribution in [3.05, 3.63) is 101 Å². The molecule has 1 atom stereocenters. The van der Waals surface area contributed by atoms with Crippen LogP contribution in [0.25, 0.3) is 10.9 Å². The Bertz CT molecular complexity index is 1300. The Labute approximate surface area is 204 Å². The van der Waals surface area contributed by atoms with E-state index in [0.717, 1.165) is 20.9 Å². The third kappa shape index (κ3) is 5.90. The highest BCUT2D eigenvalue weighted by Crippen LogP contribution is 2.20.